The summed E-state index contributed by atoms with van der Waals surface area (Å²) >= 11 is 4.03. The van der Waals surface area contributed by atoms with E-state index in [1.165, 1.54) is 10.6 Å². The monoisotopic (exact) mass is 316 g/mol. The van der Waals surface area contributed by atoms with E-state index in [0.29, 0.717) is 34.8 Å². The third-order valence-corrected chi connectivity index (χ3v) is 3.37. The molecule has 0 saturated carbocycles. The van der Waals surface area contributed by atoms with Crippen molar-refractivity contribution in [1.82, 2.24) is 24.4 Å². The van der Waals surface area contributed by atoms with E-state index in [-0.39, 0.29) is 6.03 Å². The van der Waals surface area contributed by atoms with Crippen molar-refractivity contribution in [3.8, 4) is 11.3 Å². The summed E-state index contributed by atoms with van der Waals surface area (Å²) in [5, 5.41) is 6.27. The summed E-state index contributed by atoms with van der Waals surface area (Å²) in [5.41, 5.74) is 2.34. The zero-order valence-electron chi connectivity index (χ0n) is 11.6. The fourth-order valence-electron chi connectivity index (χ4n) is 1.76. The number of pyridine rings is 1. The Labute approximate surface area is 131 Å². The molecular formula is C13H12N6O2S. The van der Waals surface area contributed by atoms with Crippen LogP contribution >= 0.6 is 12.8 Å². The van der Waals surface area contributed by atoms with Gasteiger partial charge >= 0.3 is 6.03 Å². The second kappa shape index (κ2) is 5.98. The second-order valence-electron chi connectivity index (χ2n) is 4.35. The van der Waals surface area contributed by atoms with Crippen LogP contribution in [0.25, 0.3) is 22.4 Å². The van der Waals surface area contributed by atoms with E-state index in [2.05, 4.69) is 38.2 Å². The van der Waals surface area contributed by atoms with E-state index >= 15 is 0 Å². The minimum absolute atomic E-state index is 0.360. The third kappa shape index (κ3) is 2.84. The van der Waals surface area contributed by atoms with Gasteiger partial charge in [-0.2, -0.15) is 0 Å². The normalized spacial score (nSPS) is 10.6. The number of aromatic nitrogens is 4. The Balaban J connectivity index is 1.92. The van der Waals surface area contributed by atoms with Crippen molar-refractivity contribution in [2.45, 2.75) is 6.92 Å². The Morgan fingerprint density at radius 2 is 2.23 bits per heavy atom. The Morgan fingerprint density at radius 1 is 1.36 bits per heavy atom. The number of hydrogen-bond acceptors (Lipinski definition) is 7. The van der Waals surface area contributed by atoms with E-state index in [0.717, 1.165) is 0 Å². The molecule has 8 nitrogen and oxygen atoms in total. The van der Waals surface area contributed by atoms with E-state index in [1.807, 2.05) is 6.92 Å². The highest BCUT2D eigenvalue weighted by atomic mass is 32.1. The molecule has 2 amide bonds. The zero-order chi connectivity index (χ0) is 15.5. The molecule has 22 heavy (non-hydrogen) atoms. The molecule has 0 radical (unpaired) electrons. The SMILES string of the molecule is CCN(S)C(=O)Nc1ccc2ncc(-c3cnoc3)nc2n1. The maximum absolute atomic E-state index is 11.8. The van der Waals surface area contributed by atoms with Gasteiger partial charge in [0.05, 0.1) is 23.7 Å². The van der Waals surface area contributed by atoms with E-state index in [1.54, 1.807) is 24.5 Å². The lowest BCUT2D eigenvalue weighted by molar-refractivity contribution is 0.240. The maximum Gasteiger partial charge on any atom is 0.332 e. The molecule has 9 heteroatoms. The highest BCUT2D eigenvalue weighted by Crippen LogP contribution is 2.18. The lowest BCUT2D eigenvalue weighted by Gasteiger charge is -2.13. The molecule has 0 aromatic carbocycles. The molecular weight excluding hydrogens is 304 g/mol. The van der Waals surface area contributed by atoms with Crippen molar-refractivity contribution in [3.05, 3.63) is 30.8 Å². The van der Waals surface area contributed by atoms with Gasteiger partial charge in [-0.3, -0.25) is 14.6 Å². The van der Waals surface area contributed by atoms with Crippen molar-refractivity contribution < 1.29 is 9.32 Å². The molecule has 0 saturated heterocycles. The molecule has 0 fully saturated rings. The van der Waals surface area contributed by atoms with Crippen molar-refractivity contribution in [1.29, 1.82) is 0 Å². The predicted molar refractivity (Wildman–Crippen MR) is 83.2 cm³/mol. The summed E-state index contributed by atoms with van der Waals surface area (Å²) < 4.78 is 6.03. The molecule has 1 N–H and O–H groups in total. The largest absolute Gasteiger partial charge is 0.364 e. The van der Waals surface area contributed by atoms with Crippen LogP contribution in [0.2, 0.25) is 0 Å². The molecule has 3 aromatic heterocycles. The van der Waals surface area contributed by atoms with Crippen molar-refractivity contribution in [3.63, 3.8) is 0 Å². The first kappa shape index (κ1) is 14.3. The summed E-state index contributed by atoms with van der Waals surface area (Å²) in [4.78, 5) is 24.7. The number of carbonyl (C=O) groups is 1. The fourth-order valence-corrected chi connectivity index (χ4v) is 1.81. The van der Waals surface area contributed by atoms with Gasteiger partial charge in [0.2, 0.25) is 0 Å². The number of thiol groups is 1. The van der Waals surface area contributed by atoms with Gasteiger partial charge in [-0.05, 0) is 19.1 Å². The Morgan fingerprint density at radius 3 is 2.95 bits per heavy atom. The third-order valence-electron chi connectivity index (χ3n) is 2.90. The molecule has 0 aliphatic heterocycles. The van der Waals surface area contributed by atoms with Gasteiger partial charge in [-0.15, -0.1) is 0 Å². The fraction of sp³-hybridized carbons (Fsp3) is 0.154. The minimum Gasteiger partial charge on any atom is -0.364 e. The number of anilines is 1. The molecule has 0 spiro atoms. The molecule has 3 rings (SSSR count). The molecule has 3 aromatic rings. The van der Waals surface area contributed by atoms with Gasteiger partial charge in [0.25, 0.3) is 0 Å². The van der Waals surface area contributed by atoms with Crippen molar-refractivity contribution >= 4 is 35.8 Å². The highest BCUT2D eigenvalue weighted by molar-refractivity contribution is 7.78. The second-order valence-corrected chi connectivity index (χ2v) is 4.84. The summed E-state index contributed by atoms with van der Waals surface area (Å²) in [6, 6.07) is 3.03. The number of hydrogen-bond donors (Lipinski definition) is 2. The number of nitrogens with one attached hydrogen (secondary N) is 1. The van der Waals surface area contributed by atoms with Crippen LogP contribution in [0.5, 0.6) is 0 Å². The molecule has 0 atom stereocenters. The lowest BCUT2D eigenvalue weighted by atomic mass is 10.2. The minimum atomic E-state index is -0.360. The van der Waals surface area contributed by atoms with Gasteiger partial charge in [0.15, 0.2) is 5.65 Å². The first-order valence-electron chi connectivity index (χ1n) is 6.48. The number of fused-ring (bicyclic) bond motifs is 1. The van der Waals surface area contributed by atoms with Crippen LogP contribution in [-0.4, -0.2) is 37.0 Å². The highest BCUT2D eigenvalue weighted by Gasteiger charge is 2.10. The number of rotatable bonds is 3. The molecule has 112 valence electrons. The van der Waals surface area contributed by atoms with Gasteiger partial charge in [0, 0.05) is 6.54 Å². The van der Waals surface area contributed by atoms with Crippen molar-refractivity contribution in [2.75, 3.05) is 11.9 Å². The summed E-state index contributed by atoms with van der Waals surface area (Å²) in [6.07, 6.45) is 4.63. The smallest absolute Gasteiger partial charge is 0.332 e. The maximum atomic E-state index is 11.8. The number of urea groups is 1. The summed E-state index contributed by atoms with van der Waals surface area (Å²) in [5.74, 6) is 0.377. The van der Waals surface area contributed by atoms with Crippen LogP contribution in [0.15, 0.2) is 35.3 Å². The van der Waals surface area contributed by atoms with Crippen LogP contribution in [0.4, 0.5) is 10.6 Å². The van der Waals surface area contributed by atoms with Crippen molar-refractivity contribution in [2.24, 2.45) is 0 Å². The Kier molecular flexibility index (Phi) is 3.88. The molecule has 0 aliphatic rings. The molecule has 0 aliphatic carbocycles. The van der Waals surface area contributed by atoms with Gasteiger partial charge < -0.3 is 4.52 Å². The van der Waals surface area contributed by atoms with Gasteiger partial charge in [-0.1, -0.05) is 18.0 Å². The standard InChI is InChI=1S/C13H12N6O2S/c1-2-19(22)13(20)18-11-4-3-9-12(17-11)16-10(6-14-9)8-5-15-21-7-8/h3-7,22H,2H2,1H3,(H,16,17,18,20). The van der Waals surface area contributed by atoms with Crippen LogP contribution in [0.1, 0.15) is 6.92 Å². The van der Waals surface area contributed by atoms with E-state index < -0.39 is 0 Å². The Hall–Kier alpha value is -2.68. The quantitative estimate of drug-likeness (QED) is 0.720. The van der Waals surface area contributed by atoms with Crippen LogP contribution in [-0.2, 0) is 0 Å². The molecule has 0 unspecified atom stereocenters. The van der Waals surface area contributed by atoms with Gasteiger partial charge in [0.1, 0.15) is 17.6 Å². The van der Waals surface area contributed by atoms with E-state index in [4.69, 9.17) is 4.52 Å². The van der Waals surface area contributed by atoms with E-state index in [9.17, 15) is 4.79 Å². The molecule has 0 bridgehead atoms. The van der Waals surface area contributed by atoms with Crippen LogP contribution < -0.4 is 5.32 Å². The molecule has 3 heterocycles. The predicted octanol–water partition coefficient (Wildman–Crippen LogP) is 2.38. The lowest BCUT2D eigenvalue weighted by Crippen LogP contribution is -2.27. The average molecular weight is 316 g/mol. The van der Waals surface area contributed by atoms with Gasteiger partial charge in [-0.25, -0.2) is 14.8 Å². The average Bonchev–Trinajstić information content (AvgIpc) is 3.07. The Bertz CT molecular complexity index is 807. The topological polar surface area (TPSA) is 97.0 Å². The first-order valence-corrected chi connectivity index (χ1v) is 6.88. The number of nitrogens with zero attached hydrogens (tertiary/aromatic N) is 5. The zero-order valence-corrected chi connectivity index (χ0v) is 12.5. The summed E-state index contributed by atoms with van der Waals surface area (Å²) in [6.45, 7) is 2.29. The first-order chi connectivity index (χ1) is 10.7. The number of amides is 2. The summed E-state index contributed by atoms with van der Waals surface area (Å²) in [7, 11) is 0. The van der Waals surface area contributed by atoms with Crippen LogP contribution in [0, 0.1) is 0 Å². The van der Waals surface area contributed by atoms with Crippen LogP contribution in [0.3, 0.4) is 0 Å². The number of carbonyl (C=O) groups excluding carboxylic acids is 1.